The van der Waals surface area contributed by atoms with Gasteiger partial charge in [-0.05, 0) is 45.4 Å². The van der Waals surface area contributed by atoms with E-state index in [1.165, 1.54) is 11.8 Å². The number of nitrogens with one attached hydrogen (secondary N) is 3. The largest absolute Gasteiger partial charge is 0.459 e. The highest BCUT2D eigenvalue weighted by atomic mass is 16.3. The molecule has 7 heteroatoms. The Labute approximate surface area is 179 Å². The monoisotopic (exact) mass is 413 g/mol. The molecule has 2 aromatic rings. The third kappa shape index (κ3) is 7.91. The van der Waals surface area contributed by atoms with Crippen molar-refractivity contribution in [3.05, 3.63) is 59.5 Å². The lowest BCUT2D eigenvalue weighted by Crippen LogP contribution is -2.41. The predicted octanol–water partition coefficient (Wildman–Crippen LogP) is 2.78. The summed E-state index contributed by atoms with van der Waals surface area (Å²) in [4.78, 5) is 18.6. The highest BCUT2D eigenvalue weighted by molar-refractivity contribution is 5.92. The maximum absolute atomic E-state index is 12.0. The van der Waals surface area contributed by atoms with Crippen molar-refractivity contribution >= 4 is 11.9 Å². The number of amides is 1. The summed E-state index contributed by atoms with van der Waals surface area (Å²) in [6.45, 7) is 7.18. The van der Waals surface area contributed by atoms with Gasteiger partial charge in [-0.2, -0.15) is 0 Å². The van der Waals surface area contributed by atoms with Crippen LogP contribution in [0, 0.1) is 6.92 Å². The van der Waals surface area contributed by atoms with Crippen molar-refractivity contribution in [2.24, 2.45) is 4.99 Å². The molecule has 3 N–H and O–H groups in total. The number of furan rings is 1. The van der Waals surface area contributed by atoms with Crippen molar-refractivity contribution in [3.8, 4) is 0 Å². The smallest absolute Gasteiger partial charge is 0.287 e. The first-order chi connectivity index (χ1) is 14.5. The van der Waals surface area contributed by atoms with Crippen LogP contribution in [0.5, 0.6) is 0 Å². The molecule has 30 heavy (non-hydrogen) atoms. The zero-order chi connectivity index (χ0) is 21.8. The summed E-state index contributed by atoms with van der Waals surface area (Å²) in [5.74, 6) is 0.988. The molecular weight excluding hydrogens is 378 g/mol. The van der Waals surface area contributed by atoms with E-state index in [1.54, 1.807) is 13.1 Å². The Morgan fingerprint density at radius 3 is 2.47 bits per heavy atom. The number of benzene rings is 1. The quantitative estimate of drug-likeness (QED) is 0.300. The minimum atomic E-state index is -0.173. The van der Waals surface area contributed by atoms with Crippen LogP contribution < -0.4 is 16.0 Å². The fourth-order valence-electron chi connectivity index (χ4n) is 3.05. The number of aliphatic imine (C=N–C) groups is 1. The van der Waals surface area contributed by atoms with Gasteiger partial charge >= 0.3 is 0 Å². The lowest BCUT2D eigenvalue weighted by Gasteiger charge is -2.25. The van der Waals surface area contributed by atoms with Crippen molar-refractivity contribution in [2.75, 3.05) is 33.7 Å². The molecule has 1 heterocycles. The summed E-state index contributed by atoms with van der Waals surface area (Å²) in [5, 5.41) is 9.51. The summed E-state index contributed by atoms with van der Waals surface area (Å²) >= 11 is 0. The van der Waals surface area contributed by atoms with E-state index in [2.05, 4.69) is 64.1 Å². The second-order valence-electron chi connectivity index (χ2n) is 7.51. The summed E-state index contributed by atoms with van der Waals surface area (Å²) in [7, 11) is 3.92. The first-order valence-corrected chi connectivity index (χ1v) is 10.5. The number of carbonyl (C=O) groups excluding carboxylic acids is 1. The van der Waals surface area contributed by atoms with Gasteiger partial charge in [-0.15, -0.1) is 0 Å². The molecule has 0 radical (unpaired) electrons. The molecular formula is C23H35N5O2. The van der Waals surface area contributed by atoms with Gasteiger partial charge in [-0.3, -0.25) is 14.7 Å². The number of nitrogens with zero attached hydrogens (tertiary/aromatic N) is 2. The Kier molecular flexibility index (Phi) is 9.94. The molecule has 1 aromatic heterocycles. The lowest BCUT2D eigenvalue weighted by molar-refractivity contribution is 0.0925. The molecule has 0 aliphatic carbocycles. The van der Waals surface area contributed by atoms with Crippen LogP contribution in [0.1, 0.15) is 41.4 Å². The molecule has 7 nitrogen and oxygen atoms in total. The zero-order valence-corrected chi connectivity index (χ0v) is 18.6. The standard InChI is InChI=1S/C23H35N5O2/c1-18-12-16-30-21(18)22(29)25-13-8-14-26-23(24-3)27-15-11-19(2)28(4)17-20-9-6-5-7-10-20/h5-7,9-10,12,16,19H,8,11,13-15,17H2,1-4H3,(H,25,29)(H2,24,26,27). The van der Waals surface area contributed by atoms with Crippen molar-refractivity contribution in [1.82, 2.24) is 20.9 Å². The lowest BCUT2D eigenvalue weighted by atomic mass is 10.1. The molecule has 164 valence electrons. The van der Waals surface area contributed by atoms with E-state index in [1.807, 2.05) is 13.0 Å². The second kappa shape index (κ2) is 12.7. The average molecular weight is 414 g/mol. The van der Waals surface area contributed by atoms with Crippen LogP contribution in [0.15, 0.2) is 52.1 Å². The molecule has 0 saturated carbocycles. The van der Waals surface area contributed by atoms with Crippen LogP contribution in [-0.2, 0) is 6.54 Å². The van der Waals surface area contributed by atoms with Gasteiger partial charge in [0.1, 0.15) is 0 Å². The van der Waals surface area contributed by atoms with Gasteiger partial charge in [0, 0.05) is 44.8 Å². The molecule has 0 saturated heterocycles. The number of guanidine groups is 1. The molecule has 0 bridgehead atoms. The molecule has 2 rings (SSSR count). The summed E-state index contributed by atoms with van der Waals surface area (Å²) in [5.41, 5.74) is 2.17. The highest BCUT2D eigenvalue weighted by Crippen LogP contribution is 2.08. The number of hydrogen-bond donors (Lipinski definition) is 3. The molecule has 0 spiro atoms. The van der Waals surface area contributed by atoms with Crippen LogP contribution in [0.3, 0.4) is 0 Å². The van der Waals surface area contributed by atoms with Crippen LogP contribution >= 0.6 is 0 Å². The molecule has 1 atom stereocenters. The van der Waals surface area contributed by atoms with E-state index in [4.69, 9.17) is 4.42 Å². The molecule has 0 aliphatic heterocycles. The normalized spacial score (nSPS) is 12.6. The van der Waals surface area contributed by atoms with Gasteiger partial charge in [0.05, 0.1) is 6.26 Å². The number of rotatable bonds is 11. The van der Waals surface area contributed by atoms with Gasteiger partial charge in [-0.1, -0.05) is 30.3 Å². The Hall–Kier alpha value is -2.80. The maximum Gasteiger partial charge on any atom is 0.287 e. The van der Waals surface area contributed by atoms with Crippen LogP contribution in [0.2, 0.25) is 0 Å². The first-order valence-electron chi connectivity index (χ1n) is 10.5. The first kappa shape index (κ1) is 23.5. The van der Waals surface area contributed by atoms with Crippen molar-refractivity contribution in [3.63, 3.8) is 0 Å². The topological polar surface area (TPSA) is 81.9 Å². The minimum absolute atomic E-state index is 0.173. The van der Waals surface area contributed by atoms with E-state index in [-0.39, 0.29) is 5.91 Å². The van der Waals surface area contributed by atoms with Crippen LogP contribution in [0.4, 0.5) is 0 Å². The molecule has 0 aliphatic rings. The molecule has 0 fully saturated rings. The molecule has 1 unspecified atom stereocenters. The average Bonchev–Trinajstić information content (AvgIpc) is 3.18. The Balaban J connectivity index is 1.58. The number of aryl methyl sites for hydroxylation is 1. The third-order valence-electron chi connectivity index (χ3n) is 5.11. The van der Waals surface area contributed by atoms with Crippen LogP contribution in [0.25, 0.3) is 0 Å². The fourth-order valence-corrected chi connectivity index (χ4v) is 3.05. The SMILES string of the molecule is CN=C(NCCCNC(=O)c1occc1C)NCCC(C)N(C)Cc1ccccc1. The van der Waals surface area contributed by atoms with Crippen molar-refractivity contribution in [1.29, 1.82) is 0 Å². The van der Waals surface area contributed by atoms with E-state index in [0.717, 1.165) is 44.0 Å². The third-order valence-corrected chi connectivity index (χ3v) is 5.11. The van der Waals surface area contributed by atoms with Gasteiger partial charge in [0.15, 0.2) is 11.7 Å². The van der Waals surface area contributed by atoms with Crippen molar-refractivity contribution in [2.45, 2.75) is 39.3 Å². The Bertz CT molecular complexity index is 788. The summed E-state index contributed by atoms with van der Waals surface area (Å²) < 4.78 is 5.19. The fraction of sp³-hybridized carbons (Fsp3) is 0.478. The van der Waals surface area contributed by atoms with Gasteiger partial charge in [0.2, 0.25) is 0 Å². The van der Waals surface area contributed by atoms with Crippen molar-refractivity contribution < 1.29 is 9.21 Å². The second-order valence-corrected chi connectivity index (χ2v) is 7.51. The van der Waals surface area contributed by atoms with Gasteiger partial charge in [-0.25, -0.2) is 0 Å². The zero-order valence-electron chi connectivity index (χ0n) is 18.6. The van der Waals surface area contributed by atoms with E-state index in [0.29, 0.717) is 18.3 Å². The van der Waals surface area contributed by atoms with Gasteiger partial charge in [0.25, 0.3) is 5.91 Å². The minimum Gasteiger partial charge on any atom is -0.459 e. The Morgan fingerprint density at radius 2 is 1.80 bits per heavy atom. The maximum atomic E-state index is 12.0. The number of carbonyl (C=O) groups is 1. The van der Waals surface area contributed by atoms with Gasteiger partial charge < -0.3 is 20.4 Å². The molecule has 1 aromatic carbocycles. The number of hydrogen-bond acceptors (Lipinski definition) is 4. The van der Waals surface area contributed by atoms with Crippen LogP contribution in [-0.4, -0.2) is 56.5 Å². The highest BCUT2D eigenvalue weighted by Gasteiger charge is 2.12. The Morgan fingerprint density at radius 1 is 1.10 bits per heavy atom. The summed E-state index contributed by atoms with van der Waals surface area (Å²) in [6, 6.07) is 12.8. The van der Waals surface area contributed by atoms with E-state index >= 15 is 0 Å². The molecule has 1 amide bonds. The van der Waals surface area contributed by atoms with E-state index in [9.17, 15) is 4.79 Å². The predicted molar refractivity (Wildman–Crippen MR) is 122 cm³/mol. The summed E-state index contributed by atoms with van der Waals surface area (Å²) in [6.07, 6.45) is 3.34. The van der Waals surface area contributed by atoms with E-state index < -0.39 is 0 Å².